The van der Waals surface area contributed by atoms with E-state index >= 15 is 0 Å². The molecule has 5 heterocycles. The highest BCUT2D eigenvalue weighted by Crippen LogP contribution is 2.36. The van der Waals surface area contributed by atoms with Crippen LogP contribution in [0.15, 0.2) is 25.0 Å². The molecule has 0 spiro atoms. The molecule has 2 atom stereocenters. The second-order valence-corrected chi connectivity index (χ2v) is 6.90. The van der Waals surface area contributed by atoms with E-state index in [4.69, 9.17) is 0 Å². The molecule has 8 nitrogen and oxygen atoms in total. The van der Waals surface area contributed by atoms with E-state index in [1.807, 2.05) is 19.3 Å². The van der Waals surface area contributed by atoms with Gasteiger partial charge in [0.05, 0.1) is 12.4 Å². The minimum absolute atomic E-state index is 0.417. The third-order valence-electron chi connectivity index (χ3n) is 5.39. The molecular formula is C17H20N8. The van der Waals surface area contributed by atoms with Gasteiger partial charge >= 0.3 is 0 Å². The molecule has 0 radical (unpaired) electrons. The molecule has 1 N–H and O–H groups in total. The van der Waals surface area contributed by atoms with Gasteiger partial charge in [-0.05, 0) is 31.2 Å². The van der Waals surface area contributed by atoms with Crippen LogP contribution in [0, 0.1) is 12.8 Å². The second-order valence-electron chi connectivity index (χ2n) is 6.90. The molecule has 2 aliphatic rings. The molecule has 3 aromatic rings. The van der Waals surface area contributed by atoms with Crippen LogP contribution in [-0.4, -0.2) is 55.6 Å². The summed E-state index contributed by atoms with van der Waals surface area (Å²) >= 11 is 0. The molecule has 3 aromatic heterocycles. The molecule has 0 amide bonds. The summed E-state index contributed by atoms with van der Waals surface area (Å²) in [6.45, 7) is 4.97. The molecular weight excluding hydrogens is 316 g/mol. The third kappa shape index (κ3) is 2.40. The van der Waals surface area contributed by atoms with Crippen LogP contribution < -0.4 is 9.80 Å². The molecule has 8 heteroatoms. The van der Waals surface area contributed by atoms with Gasteiger partial charge in [0.15, 0.2) is 11.5 Å². The van der Waals surface area contributed by atoms with Crippen LogP contribution in [0.4, 0.5) is 11.8 Å². The lowest BCUT2D eigenvalue weighted by Crippen LogP contribution is -2.49. The zero-order chi connectivity index (χ0) is 16.8. The number of H-pyrrole nitrogens is 1. The van der Waals surface area contributed by atoms with E-state index < -0.39 is 0 Å². The molecule has 5 rings (SSSR count). The van der Waals surface area contributed by atoms with Crippen molar-refractivity contribution in [1.29, 1.82) is 0 Å². The number of hydrogen-bond donors (Lipinski definition) is 1. The minimum Gasteiger partial charge on any atom is -0.350 e. The van der Waals surface area contributed by atoms with Crippen molar-refractivity contribution in [2.45, 2.75) is 25.8 Å². The maximum atomic E-state index is 4.56. The smallest absolute Gasteiger partial charge is 0.225 e. The van der Waals surface area contributed by atoms with Crippen LogP contribution in [0.25, 0.3) is 11.2 Å². The topological polar surface area (TPSA) is 86.7 Å². The molecule has 0 saturated carbocycles. The lowest BCUT2D eigenvalue weighted by molar-refractivity contribution is 0.387. The van der Waals surface area contributed by atoms with Crippen molar-refractivity contribution >= 4 is 22.9 Å². The van der Waals surface area contributed by atoms with Crippen molar-refractivity contribution in [2.24, 2.45) is 5.92 Å². The first-order chi connectivity index (χ1) is 12.3. The van der Waals surface area contributed by atoms with E-state index in [0.29, 0.717) is 12.0 Å². The van der Waals surface area contributed by atoms with Gasteiger partial charge in [0.2, 0.25) is 5.95 Å². The fourth-order valence-electron chi connectivity index (χ4n) is 4.10. The van der Waals surface area contributed by atoms with Gasteiger partial charge in [-0.15, -0.1) is 0 Å². The van der Waals surface area contributed by atoms with Crippen LogP contribution in [0.5, 0.6) is 0 Å². The van der Waals surface area contributed by atoms with Crippen molar-refractivity contribution in [3.8, 4) is 0 Å². The van der Waals surface area contributed by atoms with Gasteiger partial charge in [-0.1, -0.05) is 0 Å². The monoisotopic (exact) mass is 336 g/mol. The van der Waals surface area contributed by atoms with Gasteiger partial charge in [-0.2, -0.15) is 0 Å². The summed E-state index contributed by atoms with van der Waals surface area (Å²) in [4.78, 5) is 30.0. The van der Waals surface area contributed by atoms with Crippen LogP contribution >= 0.6 is 0 Å². The van der Waals surface area contributed by atoms with Crippen LogP contribution in [-0.2, 0) is 0 Å². The molecule has 0 aliphatic carbocycles. The van der Waals surface area contributed by atoms with E-state index in [9.17, 15) is 0 Å². The van der Waals surface area contributed by atoms with Crippen molar-refractivity contribution < 1.29 is 0 Å². The number of nitrogens with zero attached hydrogens (tertiary/aromatic N) is 7. The Kier molecular flexibility index (Phi) is 3.29. The first kappa shape index (κ1) is 14.6. The molecule has 128 valence electrons. The standard InChI is InChI=1S/C17H20N8/c1-11-6-18-17(19-7-11)24-4-2-12-3-5-25(13(12)8-24)16-14-15(21-9-20-14)22-10-23-16/h6-7,9-10,12-13H,2-5,8H2,1H3,(H,20,21,22,23). The maximum absolute atomic E-state index is 4.56. The normalized spacial score (nSPS) is 23.2. The summed E-state index contributed by atoms with van der Waals surface area (Å²) in [5.41, 5.74) is 2.73. The maximum Gasteiger partial charge on any atom is 0.225 e. The lowest BCUT2D eigenvalue weighted by Gasteiger charge is -2.38. The fraction of sp³-hybridized carbons (Fsp3) is 0.471. The number of fused-ring (bicyclic) bond motifs is 2. The zero-order valence-electron chi connectivity index (χ0n) is 14.1. The van der Waals surface area contributed by atoms with Crippen LogP contribution in [0.3, 0.4) is 0 Å². The first-order valence-electron chi connectivity index (χ1n) is 8.74. The fourth-order valence-corrected chi connectivity index (χ4v) is 4.10. The van der Waals surface area contributed by atoms with Gasteiger partial charge < -0.3 is 14.8 Å². The van der Waals surface area contributed by atoms with E-state index in [1.54, 1.807) is 12.7 Å². The molecule has 2 aliphatic heterocycles. The minimum atomic E-state index is 0.417. The SMILES string of the molecule is Cc1cnc(N2CCC3CCN(c4ncnc5nc[nH]c45)C3C2)nc1. The molecule has 25 heavy (non-hydrogen) atoms. The predicted molar refractivity (Wildman–Crippen MR) is 94.5 cm³/mol. The number of aryl methyl sites for hydroxylation is 1. The summed E-state index contributed by atoms with van der Waals surface area (Å²) in [6, 6.07) is 0.417. The summed E-state index contributed by atoms with van der Waals surface area (Å²) < 4.78 is 0. The molecule has 2 unspecified atom stereocenters. The number of nitrogens with one attached hydrogen (secondary N) is 1. The van der Waals surface area contributed by atoms with Crippen molar-refractivity contribution in [3.63, 3.8) is 0 Å². The Morgan fingerprint density at radius 2 is 1.88 bits per heavy atom. The predicted octanol–water partition coefficient (Wildman–Crippen LogP) is 1.56. The number of rotatable bonds is 2. The van der Waals surface area contributed by atoms with Crippen molar-refractivity contribution in [2.75, 3.05) is 29.4 Å². The number of hydrogen-bond acceptors (Lipinski definition) is 7. The second kappa shape index (κ2) is 5.65. The average molecular weight is 336 g/mol. The summed E-state index contributed by atoms with van der Waals surface area (Å²) in [5.74, 6) is 2.47. The summed E-state index contributed by atoms with van der Waals surface area (Å²) in [7, 11) is 0. The average Bonchev–Trinajstić information content (AvgIpc) is 3.28. The van der Waals surface area contributed by atoms with Crippen LogP contribution in [0.1, 0.15) is 18.4 Å². The van der Waals surface area contributed by atoms with Gasteiger partial charge in [0.25, 0.3) is 0 Å². The number of anilines is 2. The molecule has 0 aromatic carbocycles. The Balaban J connectivity index is 1.45. The van der Waals surface area contributed by atoms with Crippen LogP contribution in [0.2, 0.25) is 0 Å². The highest BCUT2D eigenvalue weighted by atomic mass is 15.3. The van der Waals surface area contributed by atoms with Gasteiger partial charge in [-0.25, -0.2) is 24.9 Å². The Hall–Kier alpha value is -2.77. The third-order valence-corrected chi connectivity index (χ3v) is 5.39. The largest absolute Gasteiger partial charge is 0.350 e. The van der Waals surface area contributed by atoms with Crippen molar-refractivity contribution in [3.05, 3.63) is 30.6 Å². The molecule has 2 saturated heterocycles. The Bertz CT molecular complexity index is 889. The Morgan fingerprint density at radius 3 is 2.76 bits per heavy atom. The number of aromatic nitrogens is 6. The van der Waals surface area contributed by atoms with Gasteiger partial charge in [0, 0.05) is 32.0 Å². The number of piperidine rings is 1. The van der Waals surface area contributed by atoms with E-state index in [-0.39, 0.29) is 0 Å². The quantitative estimate of drug-likeness (QED) is 0.760. The lowest BCUT2D eigenvalue weighted by atomic mass is 9.92. The first-order valence-corrected chi connectivity index (χ1v) is 8.74. The summed E-state index contributed by atoms with van der Waals surface area (Å²) in [6.07, 6.45) is 9.43. The molecule has 0 bridgehead atoms. The van der Waals surface area contributed by atoms with Crippen molar-refractivity contribution in [1.82, 2.24) is 29.9 Å². The zero-order valence-corrected chi connectivity index (χ0v) is 14.1. The van der Waals surface area contributed by atoms with Gasteiger partial charge in [0.1, 0.15) is 11.8 Å². The highest BCUT2D eigenvalue weighted by molar-refractivity contribution is 5.83. The van der Waals surface area contributed by atoms with E-state index in [1.165, 1.54) is 6.42 Å². The molecule has 2 fully saturated rings. The highest BCUT2D eigenvalue weighted by Gasteiger charge is 2.40. The van der Waals surface area contributed by atoms with Gasteiger partial charge in [-0.3, -0.25) is 0 Å². The summed E-state index contributed by atoms with van der Waals surface area (Å²) in [5, 5.41) is 0. The van der Waals surface area contributed by atoms with E-state index in [2.05, 4.69) is 39.7 Å². The van der Waals surface area contributed by atoms with E-state index in [0.717, 1.165) is 54.5 Å². The number of imidazole rings is 1. The Labute approximate surface area is 145 Å². The Morgan fingerprint density at radius 1 is 1.04 bits per heavy atom. The number of aromatic amines is 1.